The average molecular weight is 159 g/mol. The number of rotatable bonds is 5. The Kier molecular flexibility index (Phi) is 4.69. The largest absolute Gasteiger partial charge is 0.392 e. The van der Waals surface area contributed by atoms with E-state index in [0.29, 0.717) is 6.54 Å². The minimum Gasteiger partial charge on any atom is -0.392 e. The van der Waals surface area contributed by atoms with Gasteiger partial charge >= 0.3 is 0 Å². The summed E-state index contributed by atoms with van der Waals surface area (Å²) >= 11 is 0. The third-order valence-electron chi connectivity index (χ3n) is 2.38. The second-order valence-corrected chi connectivity index (χ2v) is 3.50. The molecule has 0 amide bonds. The van der Waals surface area contributed by atoms with Crippen molar-refractivity contribution in [2.45, 2.75) is 52.2 Å². The molecule has 0 aliphatic heterocycles. The number of β-amino-alcohol motifs (C(OH)–C–C–N with tert-alkyl or cyclic N) is 1. The Labute approximate surface area is 70.0 Å². The van der Waals surface area contributed by atoms with Crippen LogP contribution >= 0.6 is 0 Å². The zero-order valence-corrected chi connectivity index (χ0v) is 8.15. The van der Waals surface area contributed by atoms with Gasteiger partial charge in [0.1, 0.15) is 0 Å². The van der Waals surface area contributed by atoms with Crippen LogP contribution in [0.3, 0.4) is 0 Å². The minimum absolute atomic E-state index is 0.205. The molecule has 0 spiro atoms. The van der Waals surface area contributed by atoms with Gasteiger partial charge in [-0.05, 0) is 26.7 Å². The molecule has 2 heteroatoms. The molecule has 0 saturated heterocycles. The van der Waals surface area contributed by atoms with E-state index in [-0.39, 0.29) is 11.6 Å². The SMILES string of the molecule is CCC(C)(CC)NC[C@H](C)O. The van der Waals surface area contributed by atoms with Crippen molar-refractivity contribution in [1.82, 2.24) is 5.32 Å². The normalized spacial score (nSPS) is 15.0. The highest BCUT2D eigenvalue weighted by Gasteiger charge is 2.18. The number of hydrogen-bond acceptors (Lipinski definition) is 2. The molecule has 0 rings (SSSR count). The quantitative estimate of drug-likeness (QED) is 0.637. The highest BCUT2D eigenvalue weighted by atomic mass is 16.3. The lowest BCUT2D eigenvalue weighted by Crippen LogP contribution is -2.44. The molecule has 0 aliphatic carbocycles. The lowest BCUT2D eigenvalue weighted by atomic mass is 9.95. The topological polar surface area (TPSA) is 32.3 Å². The molecule has 0 aromatic rings. The van der Waals surface area contributed by atoms with E-state index in [1.165, 1.54) is 0 Å². The van der Waals surface area contributed by atoms with Crippen molar-refractivity contribution >= 4 is 0 Å². The van der Waals surface area contributed by atoms with Crippen molar-refractivity contribution in [3.05, 3.63) is 0 Å². The molecule has 0 radical (unpaired) electrons. The first-order valence-corrected chi connectivity index (χ1v) is 4.47. The fourth-order valence-electron chi connectivity index (χ4n) is 0.894. The van der Waals surface area contributed by atoms with Crippen molar-refractivity contribution in [3.8, 4) is 0 Å². The fourth-order valence-corrected chi connectivity index (χ4v) is 0.894. The second-order valence-electron chi connectivity index (χ2n) is 3.50. The third-order valence-corrected chi connectivity index (χ3v) is 2.38. The van der Waals surface area contributed by atoms with Crippen molar-refractivity contribution in [3.63, 3.8) is 0 Å². The van der Waals surface area contributed by atoms with Crippen LogP contribution in [0.2, 0.25) is 0 Å². The van der Waals surface area contributed by atoms with E-state index in [4.69, 9.17) is 5.11 Å². The molecule has 2 N–H and O–H groups in total. The van der Waals surface area contributed by atoms with Gasteiger partial charge in [-0.15, -0.1) is 0 Å². The van der Waals surface area contributed by atoms with Crippen molar-refractivity contribution in [2.24, 2.45) is 0 Å². The standard InChI is InChI=1S/C9H21NO/c1-5-9(4,6-2)10-7-8(3)11/h8,10-11H,5-7H2,1-4H3/t8-/m0/s1. The first-order valence-electron chi connectivity index (χ1n) is 4.47. The van der Waals surface area contributed by atoms with Crippen molar-refractivity contribution in [2.75, 3.05) is 6.54 Å². The van der Waals surface area contributed by atoms with Gasteiger partial charge in [-0.2, -0.15) is 0 Å². The number of nitrogens with one attached hydrogen (secondary N) is 1. The van der Waals surface area contributed by atoms with Gasteiger partial charge in [0, 0.05) is 12.1 Å². The Morgan fingerprint density at radius 3 is 2.09 bits per heavy atom. The maximum absolute atomic E-state index is 9.04. The van der Waals surface area contributed by atoms with Gasteiger partial charge in [0.25, 0.3) is 0 Å². The Hall–Kier alpha value is -0.0800. The van der Waals surface area contributed by atoms with Crippen LogP contribution in [0.1, 0.15) is 40.5 Å². The maximum Gasteiger partial charge on any atom is 0.0636 e. The summed E-state index contributed by atoms with van der Waals surface area (Å²) < 4.78 is 0. The van der Waals surface area contributed by atoms with Crippen LogP contribution in [0.4, 0.5) is 0 Å². The number of hydrogen-bond donors (Lipinski definition) is 2. The first kappa shape index (κ1) is 10.9. The molecule has 0 unspecified atom stereocenters. The van der Waals surface area contributed by atoms with Crippen LogP contribution in [0.15, 0.2) is 0 Å². The van der Waals surface area contributed by atoms with E-state index in [1.807, 2.05) is 0 Å². The first-order chi connectivity index (χ1) is 5.04. The number of aliphatic hydroxyl groups excluding tert-OH is 1. The fraction of sp³-hybridized carbons (Fsp3) is 1.00. The molecule has 0 fully saturated rings. The summed E-state index contributed by atoms with van der Waals surface area (Å²) in [6.07, 6.45) is 1.97. The molecule has 0 aromatic heterocycles. The summed E-state index contributed by atoms with van der Waals surface area (Å²) in [7, 11) is 0. The van der Waals surface area contributed by atoms with Gasteiger partial charge < -0.3 is 10.4 Å². The lowest BCUT2D eigenvalue weighted by Gasteiger charge is -2.29. The molecule has 0 aliphatic rings. The monoisotopic (exact) mass is 159 g/mol. The van der Waals surface area contributed by atoms with E-state index >= 15 is 0 Å². The summed E-state index contributed by atoms with van der Waals surface area (Å²) in [6, 6.07) is 0. The van der Waals surface area contributed by atoms with Crippen molar-refractivity contribution < 1.29 is 5.11 Å². The molecule has 11 heavy (non-hydrogen) atoms. The molecule has 68 valence electrons. The number of aliphatic hydroxyl groups is 1. The Morgan fingerprint density at radius 1 is 1.36 bits per heavy atom. The van der Waals surface area contributed by atoms with E-state index < -0.39 is 0 Å². The molecule has 1 atom stereocenters. The van der Waals surface area contributed by atoms with Gasteiger partial charge in [-0.1, -0.05) is 13.8 Å². The summed E-state index contributed by atoms with van der Waals surface area (Å²) in [6.45, 7) is 9.02. The van der Waals surface area contributed by atoms with E-state index in [1.54, 1.807) is 6.92 Å². The molecule has 0 aromatic carbocycles. The Bertz CT molecular complexity index is 97.7. The van der Waals surface area contributed by atoms with Crippen LogP contribution in [0.5, 0.6) is 0 Å². The predicted molar refractivity (Wildman–Crippen MR) is 48.7 cm³/mol. The van der Waals surface area contributed by atoms with E-state index in [9.17, 15) is 0 Å². The van der Waals surface area contributed by atoms with Crippen LogP contribution in [0.25, 0.3) is 0 Å². The highest BCUT2D eigenvalue weighted by Crippen LogP contribution is 2.12. The Balaban J connectivity index is 3.69. The smallest absolute Gasteiger partial charge is 0.0636 e. The summed E-state index contributed by atoms with van der Waals surface area (Å²) in [5.74, 6) is 0. The molecule has 0 heterocycles. The van der Waals surface area contributed by atoms with E-state index in [0.717, 1.165) is 12.8 Å². The average Bonchev–Trinajstić information content (AvgIpc) is 2.00. The zero-order chi connectivity index (χ0) is 8.91. The molecule has 2 nitrogen and oxygen atoms in total. The third kappa shape index (κ3) is 4.38. The van der Waals surface area contributed by atoms with Gasteiger partial charge in [0.05, 0.1) is 6.10 Å². The molecule has 0 bridgehead atoms. The van der Waals surface area contributed by atoms with Crippen LogP contribution in [-0.4, -0.2) is 23.3 Å². The lowest BCUT2D eigenvalue weighted by molar-refractivity contribution is 0.171. The van der Waals surface area contributed by atoms with E-state index in [2.05, 4.69) is 26.1 Å². The summed E-state index contributed by atoms with van der Waals surface area (Å²) in [5, 5.41) is 12.4. The zero-order valence-electron chi connectivity index (χ0n) is 8.15. The van der Waals surface area contributed by atoms with Gasteiger partial charge in [0.2, 0.25) is 0 Å². The highest BCUT2D eigenvalue weighted by molar-refractivity contribution is 4.79. The molecular weight excluding hydrogens is 138 g/mol. The van der Waals surface area contributed by atoms with Crippen LogP contribution < -0.4 is 5.32 Å². The van der Waals surface area contributed by atoms with Crippen LogP contribution in [0, 0.1) is 0 Å². The predicted octanol–water partition coefficient (Wildman–Crippen LogP) is 1.54. The Morgan fingerprint density at radius 2 is 1.82 bits per heavy atom. The van der Waals surface area contributed by atoms with Crippen LogP contribution in [-0.2, 0) is 0 Å². The van der Waals surface area contributed by atoms with Gasteiger partial charge in [-0.3, -0.25) is 0 Å². The van der Waals surface area contributed by atoms with Gasteiger partial charge in [-0.25, -0.2) is 0 Å². The molecule has 0 saturated carbocycles. The summed E-state index contributed by atoms with van der Waals surface area (Å²) in [5.41, 5.74) is 0.205. The minimum atomic E-state index is -0.243. The maximum atomic E-state index is 9.04. The summed E-state index contributed by atoms with van der Waals surface area (Å²) in [4.78, 5) is 0. The second kappa shape index (κ2) is 4.73. The van der Waals surface area contributed by atoms with Crippen molar-refractivity contribution in [1.29, 1.82) is 0 Å². The van der Waals surface area contributed by atoms with Gasteiger partial charge in [0.15, 0.2) is 0 Å². The molecular formula is C9H21NO.